The summed E-state index contributed by atoms with van der Waals surface area (Å²) in [5.74, 6) is -1.98. The number of rotatable bonds is 3. The number of halogens is 5. The van der Waals surface area contributed by atoms with E-state index in [1.165, 1.54) is 19.2 Å². The first-order valence-electron chi connectivity index (χ1n) is 5.71. The molecule has 1 unspecified atom stereocenters. The van der Waals surface area contributed by atoms with E-state index < -0.39 is 23.5 Å². The van der Waals surface area contributed by atoms with Crippen LogP contribution < -0.4 is 5.32 Å². The van der Waals surface area contributed by atoms with Gasteiger partial charge in [0.1, 0.15) is 17.5 Å². The minimum Gasteiger partial charge on any atom is -0.309 e. The average Bonchev–Trinajstić information content (AvgIpc) is 2.41. The Morgan fingerprint density at radius 2 is 1.80 bits per heavy atom. The minimum absolute atomic E-state index is 0.00796. The lowest BCUT2D eigenvalue weighted by molar-refractivity contribution is 0.535. The summed E-state index contributed by atoms with van der Waals surface area (Å²) in [7, 11) is 1.54. The smallest absolute Gasteiger partial charge is 0.142 e. The Morgan fingerprint density at radius 3 is 2.45 bits per heavy atom. The molecule has 0 spiro atoms. The highest BCUT2D eigenvalue weighted by atomic mass is 79.9. The summed E-state index contributed by atoms with van der Waals surface area (Å²) in [6, 6.07) is 5.69. The molecular formula is C14H10BrClF3N. The third-order valence-corrected chi connectivity index (χ3v) is 3.83. The predicted molar refractivity (Wildman–Crippen MR) is 76.4 cm³/mol. The molecule has 0 heterocycles. The fourth-order valence-corrected chi connectivity index (χ4v) is 2.51. The standard InChI is InChI=1S/C14H10BrClF3N/c1-20-14(7-3-2-4-9(15)13(7)19)8-5-12(18)10(16)6-11(8)17/h2-6,14,20H,1H3. The maximum atomic E-state index is 14.1. The van der Waals surface area contributed by atoms with Gasteiger partial charge in [0, 0.05) is 11.1 Å². The second kappa shape index (κ2) is 6.16. The predicted octanol–water partition coefficient (Wildman–Crippen LogP) is 4.83. The fourth-order valence-electron chi connectivity index (χ4n) is 1.98. The van der Waals surface area contributed by atoms with Crippen LogP contribution >= 0.6 is 27.5 Å². The van der Waals surface area contributed by atoms with Crippen molar-refractivity contribution in [2.75, 3.05) is 7.05 Å². The quantitative estimate of drug-likeness (QED) is 0.769. The zero-order chi connectivity index (χ0) is 14.9. The van der Waals surface area contributed by atoms with Crippen LogP contribution in [0.5, 0.6) is 0 Å². The van der Waals surface area contributed by atoms with Gasteiger partial charge in [-0.2, -0.15) is 0 Å². The molecule has 0 aliphatic heterocycles. The average molecular weight is 365 g/mol. The van der Waals surface area contributed by atoms with Crippen molar-refractivity contribution in [1.82, 2.24) is 5.32 Å². The Labute approximate surface area is 127 Å². The van der Waals surface area contributed by atoms with E-state index in [9.17, 15) is 13.2 Å². The molecule has 0 radical (unpaired) electrons. The molecule has 1 N–H and O–H groups in total. The Hall–Kier alpha value is -1.04. The highest BCUT2D eigenvalue weighted by Gasteiger charge is 2.22. The molecule has 0 amide bonds. The molecule has 0 aliphatic carbocycles. The first kappa shape index (κ1) is 15.4. The lowest BCUT2D eigenvalue weighted by atomic mass is 9.97. The van der Waals surface area contributed by atoms with Crippen molar-refractivity contribution in [2.45, 2.75) is 6.04 Å². The summed E-state index contributed by atoms with van der Waals surface area (Å²) in [5, 5.41) is 2.47. The van der Waals surface area contributed by atoms with Crippen molar-refractivity contribution in [3.63, 3.8) is 0 Å². The lowest BCUT2D eigenvalue weighted by Crippen LogP contribution is -2.20. The molecule has 1 atom stereocenters. The van der Waals surface area contributed by atoms with Gasteiger partial charge in [-0.25, -0.2) is 13.2 Å². The first-order chi connectivity index (χ1) is 9.45. The maximum Gasteiger partial charge on any atom is 0.142 e. The van der Waals surface area contributed by atoms with Gasteiger partial charge in [-0.05, 0) is 41.2 Å². The van der Waals surface area contributed by atoms with Crippen molar-refractivity contribution in [3.05, 3.63) is 68.4 Å². The van der Waals surface area contributed by atoms with Gasteiger partial charge in [0.25, 0.3) is 0 Å². The van der Waals surface area contributed by atoms with Crippen LogP contribution in [0.1, 0.15) is 17.2 Å². The molecule has 0 fully saturated rings. The Kier molecular flexibility index (Phi) is 4.73. The molecule has 2 rings (SSSR count). The second-order valence-electron chi connectivity index (χ2n) is 4.15. The van der Waals surface area contributed by atoms with E-state index in [-0.39, 0.29) is 20.6 Å². The summed E-state index contributed by atoms with van der Waals surface area (Å²) < 4.78 is 41.8. The third-order valence-electron chi connectivity index (χ3n) is 2.93. The molecule has 0 aliphatic rings. The van der Waals surface area contributed by atoms with E-state index in [0.29, 0.717) is 0 Å². The van der Waals surface area contributed by atoms with Crippen LogP contribution in [0.25, 0.3) is 0 Å². The van der Waals surface area contributed by atoms with E-state index in [2.05, 4.69) is 21.2 Å². The van der Waals surface area contributed by atoms with Crippen LogP contribution in [0, 0.1) is 17.5 Å². The van der Waals surface area contributed by atoms with Crippen LogP contribution in [-0.4, -0.2) is 7.05 Å². The zero-order valence-electron chi connectivity index (χ0n) is 10.4. The fraction of sp³-hybridized carbons (Fsp3) is 0.143. The summed E-state index contributed by atoms with van der Waals surface area (Å²) >= 11 is 8.59. The number of hydrogen-bond acceptors (Lipinski definition) is 1. The monoisotopic (exact) mass is 363 g/mol. The van der Waals surface area contributed by atoms with Gasteiger partial charge >= 0.3 is 0 Å². The second-order valence-corrected chi connectivity index (χ2v) is 5.41. The van der Waals surface area contributed by atoms with Gasteiger partial charge in [0.15, 0.2) is 0 Å². The van der Waals surface area contributed by atoms with E-state index >= 15 is 0 Å². The largest absolute Gasteiger partial charge is 0.309 e. The van der Waals surface area contributed by atoms with Crippen molar-refractivity contribution in [1.29, 1.82) is 0 Å². The highest BCUT2D eigenvalue weighted by Crippen LogP contribution is 2.31. The highest BCUT2D eigenvalue weighted by molar-refractivity contribution is 9.10. The Balaban J connectivity index is 2.58. The van der Waals surface area contributed by atoms with Gasteiger partial charge in [0.2, 0.25) is 0 Å². The molecule has 0 saturated carbocycles. The molecule has 0 aromatic heterocycles. The first-order valence-corrected chi connectivity index (χ1v) is 6.88. The Bertz CT molecular complexity index is 649. The molecular weight excluding hydrogens is 355 g/mol. The van der Waals surface area contributed by atoms with Crippen molar-refractivity contribution >= 4 is 27.5 Å². The van der Waals surface area contributed by atoms with Gasteiger partial charge in [-0.1, -0.05) is 23.7 Å². The van der Waals surface area contributed by atoms with Crippen LogP contribution in [-0.2, 0) is 0 Å². The van der Waals surface area contributed by atoms with Crippen LogP contribution in [0.3, 0.4) is 0 Å². The van der Waals surface area contributed by atoms with Crippen LogP contribution in [0.4, 0.5) is 13.2 Å². The summed E-state index contributed by atoms with van der Waals surface area (Å²) in [6.45, 7) is 0. The number of hydrogen-bond donors (Lipinski definition) is 1. The van der Waals surface area contributed by atoms with Gasteiger partial charge < -0.3 is 5.32 Å². The SMILES string of the molecule is CNC(c1cc(F)c(Cl)cc1F)c1cccc(Br)c1F. The molecule has 20 heavy (non-hydrogen) atoms. The van der Waals surface area contributed by atoms with E-state index in [0.717, 1.165) is 12.1 Å². The van der Waals surface area contributed by atoms with E-state index in [1.54, 1.807) is 6.07 Å². The summed E-state index contributed by atoms with van der Waals surface area (Å²) in [4.78, 5) is 0. The van der Waals surface area contributed by atoms with Gasteiger partial charge in [-0.3, -0.25) is 0 Å². The van der Waals surface area contributed by atoms with E-state index in [4.69, 9.17) is 11.6 Å². The zero-order valence-corrected chi connectivity index (χ0v) is 12.7. The molecule has 2 aromatic carbocycles. The Morgan fingerprint density at radius 1 is 1.10 bits per heavy atom. The molecule has 0 bridgehead atoms. The summed E-state index contributed by atoms with van der Waals surface area (Å²) in [6.07, 6.45) is 0. The minimum atomic E-state index is -0.820. The molecule has 0 saturated heterocycles. The maximum absolute atomic E-state index is 14.1. The molecule has 1 nitrogen and oxygen atoms in total. The van der Waals surface area contributed by atoms with Crippen molar-refractivity contribution in [2.24, 2.45) is 0 Å². The third kappa shape index (κ3) is 2.85. The normalized spacial score (nSPS) is 12.5. The van der Waals surface area contributed by atoms with Gasteiger partial charge in [0.05, 0.1) is 15.5 Å². The molecule has 6 heteroatoms. The summed E-state index contributed by atoms with van der Waals surface area (Å²) in [5.41, 5.74) is 0.203. The molecule has 106 valence electrons. The van der Waals surface area contributed by atoms with Crippen LogP contribution in [0.2, 0.25) is 5.02 Å². The van der Waals surface area contributed by atoms with E-state index in [1.807, 2.05) is 0 Å². The van der Waals surface area contributed by atoms with Gasteiger partial charge in [-0.15, -0.1) is 0 Å². The van der Waals surface area contributed by atoms with Crippen molar-refractivity contribution < 1.29 is 13.2 Å². The van der Waals surface area contributed by atoms with Crippen molar-refractivity contribution in [3.8, 4) is 0 Å². The topological polar surface area (TPSA) is 12.0 Å². The molecule has 2 aromatic rings. The number of benzene rings is 2. The number of nitrogens with one attached hydrogen (secondary N) is 1. The van der Waals surface area contributed by atoms with Crippen LogP contribution in [0.15, 0.2) is 34.8 Å². The lowest BCUT2D eigenvalue weighted by Gasteiger charge is -2.19.